The molecule has 1 atom stereocenters. The average Bonchev–Trinajstić information content (AvgIpc) is 3.19. The van der Waals surface area contributed by atoms with Gasteiger partial charge in [0, 0.05) is 24.2 Å². The number of nitrogens with zero attached hydrogens (tertiary/aromatic N) is 1. The van der Waals surface area contributed by atoms with E-state index in [1.165, 1.54) is 25.7 Å². The van der Waals surface area contributed by atoms with Gasteiger partial charge >= 0.3 is 0 Å². The second kappa shape index (κ2) is 9.86. The summed E-state index contributed by atoms with van der Waals surface area (Å²) in [5, 5.41) is 4.30. The van der Waals surface area contributed by atoms with Crippen LogP contribution in [0.4, 0.5) is 0 Å². The third kappa shape index (κ3) is 4.72. The summed E-state index contributed by atoms with van der Waals surface area (Å²) in [6, 6.07) is 4.79. The summed E-state index contributed by atoms with van der Waals surface area (Å²) in [5.41, 5.74) is 1.05. The van der Waals surface area contributed by atoms with E-state index in [0.717, 1.165) is 17.1 Å². The Balaban J connectivity index is 2.31. The SMILES string of the molecule is CCC(C)NC(=S)N(Cc1ccc(OC)c(OC)c1OC)C1CCCC1. The fourth-order valence-electron chi connectivity index (χ4n) is 3.45. The van der Waals surface area contributed by atoms with Crippen LogP contribution in [0, 0.1) is 0 Å². The van der Waals surface area contributed by atoms with Gasteiger partial charge in [0.2, 0.25) is 5.75 Å². The Morgan fingerprint density at radius 3 is 2.35 bits per heavy atom. The molecule has 2 rings (SSSR count). The molecule has 0 bridgehead atoms. The minimum atomic E-state index is 0.360. The molecular formula is C20H32N2O3S. The predicted molar refractivity (Wildman–Crippen MR) is 109 cm³/mol. The van der Waals surface area contributed by atoms with Crippen molar-refractivity contribution >= 4 is 17.3 Å². The molecule has 6 heteroatoms. The van der Waals surface area contributed by atoms with Crippen LogP contribution in [0.15, 0.2) is 12.1 Å². The molecule has 5 nitrogen and oxygen atoms in total. The molecule has 1 aliphatic carbocycles. The Labute approximate surface area is 163 Å². The number of ether oxygens (including phenoxy) is 3. The van der Waals surface area contributed by atoms with E-state index in [1.807, 2.05) is 12.1 Å². The molecule has 1 fully saturated rings. The standard InChI is InChI=1S/C20H32N2O3S/c1-6-14(2)21-20(26)22(16-9-7-8-10-16)13-15-11-12-17(23-3)19(25-5)18(15)24-4/h11-12,14,16H,6-10,13H2,1-5H3,(H,21,26). The zero-order valence-electron chi connectivity index (χ0n) is 16.6. The van der Waals surface area contributed by atoms with Crippen LogP contribution in [0.2, 0.25) is 0 Å². The lowest BCUT2D eigenvalue weighted by Gasteiger charge is -2.33. The molecule has 1 aliphatic rings. The van der Waals surface area contributed by atoms with Gasteiger partial charge in [0.1, 0.15) is 0 Å². The zero-order chi connectivity index (χ0) is 19.1. The molecule has 0 amide bonds. The predicted octanol–water partition coefficient (Wildman–Crippen LogP) is 4.13. The minimum Gasteiger partial charge on any atom is -0.493 e. The second-order valence-electron chi connectivity index (χ2n) is 6.82. The summed E-state index contributed by atoms with van der Waals surface area (Å²) in [5.74, 6) is 2.00. The molecule has 0 aromatic heterocycles. The van der Waals surface area contributed by atoms with Crippen molar-refractivity contribution < 1.29 is 14.2 Å². The van der Waals surface area contributed by atoms with E-state index in [1.54, 1.807) is 21.3 Å². The van der Waals surface area contributed by atoms with Crippen molar-refractivity contribution in [2.75, 3.05) is 21.3 Å². The van der Waals surface area contributed by atoms with Crippen molar-refractivity contribution in [3.05, 3.63) is 17.7 Å². The van der Waals surface area contributed by atoms with Gasteiger partial charge in [0.15, 0.2) is 16.6 Å². The summed E-state index contributed by atoms with van der Waals surface area (Å²) in [7, 11) is 4.93. The number of rotatable bonds is 8. The molecule has 26 heavy (non-hydrogen) atoms. The van der Waals surface area contributed by atoms with E-state index in [2.05, 4.69) is 24.1 Å². The molecule has 0 heterocycles. The number of benzene rings is 1. The fourth-order valence-corrected chi connectivity index (χ4v) is 3.86. The zero-order valence-corrected chi connectivity index (χ0v) is 17.4. The highest BCUT2D eigenvalue weighted by molar-refractivity contribution is 7.80. The number of nitrogens with one attached hydrogen (secondary N) is 1. The molecule has 0 saturated heterocycles. The van der Waals surface area contributed by atoms with Gasteiger partial charge in [-0.25, -0.2) is 0 Å². The number of hydrogen-bond donors (Lipinski definition) is 1. The summed E-state index contributed by atoms with van der Waals surface area (Å²) in [6.07, 6.45) is 5.92. The Morgan fingerprint density at radius 1 is 1.15 bits per heavy atom. The highest BCUT2D eigenvalue weighted by Gasteiger charge is 2.27. The monoisotopic (exact) mass is 380 g/mol. The van der Waals surface area contributed by atoms with Crippen LogP contribution >= 0.6 is 12.2 Å². The van der Waals surface area contributed by atoms with Gasteiger partial charge in [-0.05, 0) is 50.5 Å². The van der Waals surface area contributed by atoms with E-state index >= 15 is 0 Å². The number of hydrogen-bond acceptors (Lipinski definition) is 4. The highest BCUT2D eigenvalue weighted by Crippen LogP contribution is 2.40. The Hall–Kier alpha value is -1.69. The maximum absolute atomic E-state index is 5.76. The number of methoxy groups -OCH3 is 3. The lowest BCUT2D eigenvalue weighted by Crippen LogP contribution is -2.47. The fraction of sp³-hybridized carbons (Fsp3) is 0.650. The van der Waals surface area contributed by atoms with E-state index in [-0.39, 0.29) is 0 Å². The quantitative estimate of drug-likeness (QED) is 0.684. The smallest absolute Gasteiger partial charge is 0.203 e. The Bertz CT molecular complexity index is 603. The van der Waals surface area contributed by atoms with Gasteiger partial charge < -0.3 is 24.4 Å². The van der Waals surface area contributed by atoms with Crippen LogP contribution in [-0.2, 0) is 6.54 Å². The lowest BCUT2D eigenvalue weighted by molar-refractivity contribution is 0.287. The average molecular weight is 381 g/mol. The second-order valence-corrected chi connectivity index (χ2v) is 7.21. The Kier molecular flexibility index (Phi) is 7.82. The summed E-state index contributed by atoms with van der Waals surface area (Å²) in [4.78, 5) is 2.32. The first-order valence-electron chi connectivity index (χ1n) is 9.40. The molecule has 1 saturated carbocycles. The molecule has 0 aliphatic heterocycles. The third-order valence-electron chi connectivity index (χ3n) is 5.13. The molecule has 0 radical (unpaired) electrons. The van der Waals surface area contributed by atoms with Crippen molar-refractivity contribution in [3.63, 3.8) is 0 Å². The molecule has 1 unspecified atom stereocenters. The van der Waals surface area contributed by atoms with E-state index < -0.39 is 0 Å². The van der Waals surface area contributed by atoms with Gasteiger partial charge in [0.25, 0.3) is 0 Å². The summed E-state index contributed by atoms with van der Waals surface area (Å²) >= 11 is 5.76. The molecule has 0 spiro atoms. The third-order valence-corrected chi connectivity index (χ3v) is 5.49. The largest absolute Gasteiger partial charge is 0.493 e. The summed E-state index contributed by atoms with van der Waals surface area (Å²) < 4.78 is 16.6. The van der Waals surface area contributed by atoms with Gasteiger partial charge in [-0.3, -0.25) is 0 Å². The van der Waals surface area contributed by atoms with Crippen LogP contribution in [0.5, 0.6) is 17.2 Å². The van der Waals surface area contributed by atoms with Crippen molar-refractivity contribution in [2.45, 2.75) is 64.6 Å². The van der Waals surface area contributed by atoms with Crippen LogP contribution in [0.1, 0.15) is 51.5 Å². The topological polar surface area (TPSA) is 43.0 Å². The summed E-state index contributed by atoms with van der Waals surface area (Å²) in [6.45, 7) is 5.02. The van der Waals surface area contributed by atoms with Crippen molar-refractivity contribution in [1.29, 1.82) is 0 Å². The normalized spacial score (nSPS) is 15.4. The van der Waals surface area contributed by atoms with Crippen molar-refractivity contribution in [2.24, 2.45) is 0 Å². The first-order valence-corrected chi connectivity index (χ1v) is 9.81. The Morgan fingerprint density at radius 2 is 1.81 bits per heavy atom. The first-order chi connectivity index (χ1) is 12.5. The molecule has 1 aromatic rings. The van der Waals surface area contributed by atoms with Crippen LogP contribution in [0.25, 0.3) is 0 Å². The van der Waals surface area contributed by atoms with Gasteiger partial charge in [-0.2, -0.15) is 0 Å². The molecule has 146 valence electrons. The van der Waals surface area contributed by atoms with Crippen LogP contribution < -0.4 is 19.5 Å². The van der Waals surface area contributed by atoms with Crippen molar-refractivity contribution in [3.8, 4) is 17.2 Å². The highest BCUT2D eigenvalue weighted by atomic mass is 32.1. The van der Waals surface area contributed by atoms with E-state index in [4.69, 9.17) is 26.4 Å². The maximum atomic E-state index is 5.76. The van der Waals surface area contributed by atoms with E-state index in [9.17, 15) is 0 Å². The van der Waals surface area contributed by atoms with Gasteiger partial charge in [-0.1, -0.05) is 19.8 Å². The molecular weight excluding hydrogens is 348 g/mol. The van der Waals surface area contributed by atoms with Crippen molar-refractivity contribution in [1.82, 2.24) is 10.2 Å². The molecule has 1 N–H and O–H groups in total. The maximum Gasteiger partial charge on any atom is 0.203 e. The number of thiocarbonyl (C=S) groups is 1. The van der Waals surface area contributed by atoms with Gasteiger partial charge in [0.05, 0.1) is 21.3 Å². The van der Waals surface area contributed by atoms with Gasteiger partial charge in [-0.15, -0.1) is 0 Å². The van der Waals surface area contributed by atoms with E-state index in [0.29, 0.717) is 35.9 Å². The lowest BCUT2D eigenvalue weighted by atomic mass is 10.1. The molecule has 1 aromatic carbocycles. The first kappa shape index (κ1) is 20.6. The minimum absolute atomic E-state index is 0.360. The van der Waals surface area contributed by atoms with Crippen LogP contribution in [0.3, 0.4) is 0 Å². The van der Waals surface area contributed by atoms with Crippen LogP contribution in [-0.4, -0.2) is 43.4 Å².